The van der Waals surface area contributed by atoms with Gasteiger partial charge >= 0.3 is 0 Å². The number of pyridine rings is 1. The van der Waals surface area contributed by atoms with Crippen LogP contribution in [0.5, 0.6) is 5.88 Å². The quantitative estimate of drug-likeness (QED) is 0.758. The summed E-state index contributed by atoms with van der Waals surface area (Å²) in [6.07, 6.45) is 3.37. The second-order valence-corrected chi connectivity index (χ2v) is 10.5. The molecule has 4 heterocycles. The molecule has 2 aliphatic heterocycles. The Kier molecular flexibility index (Phi) is 4.96. The van der Waals surface area contributed by atoms with Gasteiger partial charge in [0.15, 0.2) is 0 Å². The molecule has 1 fully saturated rings. The summed E-state index contributed by atoms with van der Waals surface area (Å²) in [5.41, 5.74) is 0.580. The Balaban J connectivity index is 1.74. The fourth-order valence-corrected chi connectivity index (χ4v) is 5.95. The summed E-state index contributed by atoms with van der Waals surface area (Å²) in [7, 11) is -1.63. The molecule has 7 nitrogen and oxygen atoms in total. The number of nitrogens with zero attached hydrogens (tertiary/aromatic N) is 4. The highest BCUT2D eigenvalue weighted by Crippen LogP contribution is 2.38. The minimum Gasteiger partial charge on any atom is -0.476 e. The van der Waals surface area contributed by atoms with Crippen LogP contribution in [-0.4, -0.2) is 60.9 Å². The number of hydrogen-bond donors (Lipinski definition) is 0. The molecule has 0 bridgehead atoms. The average Bonchev–Trinajstić information content (AvgIpc) is 3.06. The third kappa shape index (κ3) is 3.73. The Bertz CT molecular complexity index is 920. The predicted molar refractivity (Wildman–Crippen MR) is 103 cm³/mol. The maximum absolute atomic E-state index is 13.4. The van der Waals surface area contributed by atoms with Gasteiger partial charge < -0.3 is 9.64 Å². The molecule has 0 amide bonds. The number of piperidine rings is 1. The number of aromatic nitrogens is 2. The van der Waals surface area contributed by atoms with Gasteiger partial charge in [-0.05, 0) is 52.0 Å². The van der Waals surface area contributed by atoms with Crippen molar-refractivity contribution in [3.8, 4) is 5.88 Å². The summed E-state index contributed by atoms with van der Waals surface area (Å²) in [4.78, 5) is 11.1. The lowest BCUT2D eigenvalue weighted by atomic mass is 9.79. The molecule has 2 aliphatic rings. The molecule has 4 rings (SSSR count). The number of thiazole rings is 1. The molecule has 0 radical (unpaired) electrons. The van der Waals surface area contributed by atoms with Gasteiger partial charge in [-0.3, -0.25) is 0 Å². The van der Waals surface area contributed by atoms with Crippen LogP contribution in [0.2, 0.25) is 0 Å². The van der Waals surface area contributed by atoms with E-state index in [-0.39, 0.29) is 22.7 Å². The first-order valence-electron chi connectivity index (χ1n) is 9.06. The molecule has 27 heavy (non-hydrogen) atoms. The van der Waals surface area contributed by atoms with Crippen molar-refractivity contribution in [1.29, 1.82) is 0 Å². The Labute approximate surface area is 164 Å². The Hall–Kier alpha value is -1.55. The molecular formula is C18H24N4O3S2. The van der Waals surface area contributed by atoms with E-state index in [2.05, 4.69) is 21.9 Å². The first-order chi connectivity index (χ1) is 12.9. The summed E-state index contributed by atoms with van der Waals surface area (Å²) < 4.78 is 34.4. The minimum atomic E-state index is -3.72. The van der Waals surface area contributed by atoms with Gasteiger partial charge in [-0.1, -0.05) is 0 Å². The third-order valence-corrected chi connectivity index (χ3v) is 8.06. The van der Waals surface area contributed by atoms with Crippen molar-refractivity contribution in [2.24, 2.45) is 5.41 Å². The summed E-state index contributed by atoms with van der Waals surface area (Å²) in [6, 6.07) is 3.21. The van der Waals surface area contributed by atoms with Crippen molar-refractivity contribution in [2.45, 2.75) is 31.2 Å². The molecule has 2 aromatic heterocycles. The van der Waals surface area contributed by atoms with Crippen LogP contribution in [0.15, 0.2) is 28.6 Å². The molecule has 9 heteroatoms. The number of fused-ring (bicyclic) bond motifs is 1. The number of ether oxygens (including phenoxy) is 1. The smallest absolute Gasteiger partial charge is 0.248 e. The zero-order valence-corrected chi connectivity index (χ0v) is 17.2. The maximum Gasteiger partial charge on any atom is 0.248 e. The van der Waals surface area contributed by atoms with Crippen LogP contribution in [0, 0.1) is 12.3 Å². The Morgan fingerprint density at radius 2 is 2.11 bits per heavy atom. The number of rotatable bonds is 2. The fraction of sp³-hybridized carbons (Fsp3) is 0.556. The SMILES string of the molecule is Cc1nc(CN2CC3(CCN(C)CC3)COc3ncccc3S2(=O)=O)cs1. The maximum atomic E-state index is 13.4. The van der Waals surface area contributed by atoms with Crippen molar-refractivity contribution < 1.29 is 13.2 Å². The largest absolute Gasteiger partial charge is 0.476 e. The molecule has 0 aliphatic carbocycles. The summed E-state index contributed by atoms with van der Waals surface area (Å²) in [6.45, 7) is 4.99. The lowest BCUT2D eigenvalue weighted by Crippen LogP contribution is -2.50. The molecule has 0 atom stereocenters. The zero-order chi connectivity index (χ0) is 19.1. The van der Waals surface area contributed by atoms with Crippen molar-refractivity contribution >= 4 is 21.4 Å². The molecule has 0 unspecified atom stereocenters. The first-order valence-corrected chi connectivity index (χ1v) is 11.4. The minimum absolute atomic E-state index is 0.139. The Morgan fingerprint density at radius 1 is 1.33 bits per heavy atom. The van der Waals surface area contributed by atoms with Gasteiger partial charge in [-0.25, -0.2) is 18.4 Å². The average molecular weight is 409 g/mol. The van der Waals surface area contributed by atoms with Crippen molar-refractivity contribution in [3.05, 3.63) is 34.4 Å². The van der Waals surface area contributed by atoms with E-state index >= 15 is 0 Å². The summed E-state index contributed by atoms with van der Waals surface area (Å²) in [5, 5.41) is 2.87. The summed E-state index contributed by atoms with van der Waals surface area (Å²) >= 11 is 1.54. The first kappa shape index (κ1) is 18.8. The molecule has 0 N–H and O–H groups in total. The molecule has 2 aromatic rings. The van der Waals surface area contributed by atoms with E-state index < -0.39 is 10.0 Å². The molecule has 1 saturated heterocycles. The van der Waals surface area contributed by atoms with Gasteiger partial charge in [-0.15, -0.1) is 11.3 Å². The molecule has 1 spiro atoms. The lowest BCUT2D eigenvalue weighted by molar-refractivity contribution is 0.0398. The molecular weight excluding hydrogens is 384 g/mol. The van der Waals surface area contributed by atoms with Crippen LogP contribution in [0.4, 0.5) is 0 Å². The number of sulfonamides is 1. The van der Waals surface area contributed by atoms with E-state index in [1.54, 1.807) is 22.6 Å². The van der Waals surface area contributed by atoms with E-state index in [0.717, 1.165) is 36.6 Å². The van der Waals surface area contributed by atoms with Gasteiger partial charge in [0.2, 0.25) is 15.9 Å². The fourth-order valence-electron chi connectivity index (χ4n) is 3.74. The normalized spacial score (nSPS) is 22.6. The zero-order valence-electron chi connectivity index (χ0n) is 15.6. The topological polar surface area (TPSA) is 75.6 Å². The standard InChI is InChI=1S/C18H24N4O3S2/c1-14-20-15(11-26-14)10-22-12-18(5-8-21(2)9-6-18)13-25-17-16(27(22,23)24)4-3-7-19-17/h3-4,7,11H,5-6,8-10,12-13H2,1-2H3. The van der Waals surface area contributed by atoms with Crippen molar-refractivity contribution in [3.63, 3.8) is 0 Å². The van der Waals surface area contributed by atoms with Gasteiger partial charge in [0.1, 0.15) is 4.90 Å². The molecule has 0 aromatic carbocycles. The van der Waals surface area contributed by atoms with Gasteiger partial charge in [-0.2, -0.15) is 4.31 Å². The number of likely N-dealkylation sites (tertiary alicyclic amines) is 1. The van der Waals surface area contributed by atoms with E-state index in [1.807, 2.05) is 12.3 Å². The van der Waals surface area contributed by atoms with Crippen LogP contribution < -0.4 is 4.74 Å². The van der Waals surface area contributed by atoms with E-state index in [4.69, 9.17) is 4.74 Å². The second-order valence-electron chi connectivity index (χ2n) is 7.53. The van der Waals surface area contributed by atoms with E-state index in [9.17, 15) is 8.42 Å². The van der Waals surface area contributed by atoms with E-state index in [0.29, 0.717) is 13.2 Å². The van der Waals surface area contributed by atoms with Crippen LogP contribution in [0.3, 0.4) is 0 Å². The Morgan fingerprint density at radius 3 is 2.81 bits per heavy atom. The molecule has 0 saturated carbocycles. The van der Waals surface area contributed by atoms with Crippen molar-refractivity contribution in [1.82, 2.24) is 19.2 Å². The van der Waals surface area contributed by atoms with Gasteiger partial charge in [0.05, 0.1) is 23.9 Å². The van der Waals surface area contributed by atoms with E-state index in [1.165, 1.54) is 11.3 Å². The van der Waals surface area contributed by atoms with Crippen LogP contribution in [-0.2, 0) is 16.6 Å². The van der Waals surface area contributed by atoms with Crippen LogP contribution in [0.25, 0.3) is 0 Å². The monoisotopic (exact) mass is 408 g/mol. The highest BCUT2D eigenvalue weighted by Gasteiger charge is 2.43. The third-order valence-electron chi connectivity index (χ3n) is 5.43. The second kappa shape index (κ2) is 7.12. The van der Waals surface area contributed by atoms with Crippen LogP contribution in [0.1, 0.15) is 23.5 Å². The van der Waals surface area contributed by atoms with Gasteiger partial charge in [0.25, 0.3) is 0 Å². The molecule has 146 valence electrons. The predicted octanol–water partition coefficient (Wildman–Crippen LogP) is 2.14. The highest BCUT2D eigenvalue weighted by atomic mass is 32.2. The summed E-state index contributed by atoms with van der Waals surface area (Å²) in [5.74, 6) is 0.204. The lowest BCUT2D eigenvalue weighted by Gasteiger charge is -2.43. The number of aryl methyl sites for hydroxylation is 1. The van der Waals surface area contributed by atoms with Crippen molar-refractivity contribution in [2.75, 3.05) is 33.3 Å². The number of hydrogen-bond acceptors (Lipinski definition) is 7. The highest BCUT2D eigenvalue weighted by molar-refractivity contribution is 7.89. The van der Waals surface area contributed by atoms with Gasteiger partial charge in [0, 0.05) is 23.5 Å². The van der Waals surface area contributed by atoms with Crippen LogP contribution >= 0.6 is 11.3 Å².